The predicted octanol–water partition coefficient (Wildman–Crippen LogP) is 1.66. The standard InChI is InChI=1S/C20H36N8O5/c21-25-14-5-2-9-18(30)24-13-7-11-19(31)27-16(20(32)33)8-1-4-12-23-17(29)10-3-6-15-26-28-22/h16,21-22H,1-15H2,(H3-,23,24,27,29,30,31,32,33)/p+1/t16-/m0/s1. The maximum absolute atomic E-state index is 12.0. The average Bonchev–Trinajstić information content (AvgIpc) is 2.78. The molecule has 186 valence electrons. The fraction of sp³-hybridized carbons (Fsp3) is 0.800. The van der Waals surface area contributed by atoms with Crippen molar-refractivity contribution in [2.45, 2.75) is 76.7 Å². The number of nitrogens with zero attached hydrogens (tertiary/aromatic N) is 3. The van der Waals surface area contributed by atoms with Gasteiger partial charge in [-0.15, -0.1) is 0 Å². The summed E-state index contributed by atoms with van der Waals surface area (Å²) in [5, 5.41) is 24.0. The third-order valence-electron chi connectivity index (χ3n) is 4.68. The van der Waals surface area contributed by atoms with Crippen LogP contribution in [0.2, 0.25) is 0 Å². The topological polar surface area (TPSA) is 211 Å². The molecule has 13 heteroatoms. The first-order valence-corrected chi connectivity index (χ1v) is 11.3. The minimum absolute atomic E-state index is 0.0867. The van der Waals surface area contributed by atoms with E-state index >= 15 is 0 Å². The molecule has 0 rings (SSSR count). The molecule has 0 aliphatic carbocycles. The van der Waals surface area contributed by atoms with Crippen molar-refractivity contribution >= 4 is 23.7 Å². The molecular weight excluding hydrogens is 432 g/mol. The highest BCUT2D eigenvalue weighted by Gasteiger charge is 2.19. The lowest BCUT2D eigenvalue weighted by Gasteiger charge is -2.14. The van der Waals surface area contributed by atoms with E-state index in [1.807, 2.05) is 0 Å². The van der Waals surface area contributed by atoms with Gasteiger partial charge in [0.2, 0.25) is 22.6 Å². The zero-order chi connectivity index (χ0) is 24.7. The van der Waals surface area contributed by atoms with Crippen molar-refractivity contribution in [2.24, 2.45) is 10.2 Å². The average molecular weight is 470 g/mol. The molecule has 0 saturated heterocycles. The minimum atomic E-state index is -1.11. The number of aliphatic carboxylic acids is 1. The predicted molar refractivity (Wildman–Crippen MR) is 119 cm³/mol. The monoisotopic (exact) mass is 469 g/mol. The Bertz CT molecular complexity index is 667. The molecule has 0 aromatic rings. The molecule has 33 heavy (non-hydrogen) atoms. The van der Waals surface area contributed by atoms with E-state index in [-0.39, 0.29) is 30.6 Å². The van der Waals surface area contributed by atoms with Crippen LogP contribution >= 0.6 is 0 Å². The molecule has 0 aliphatic rings. The second-order valence-corrected chi connectivity index (χ2v) is 7.52. The quantitative estimate of drug-likeness (QED) is 0.0838. The molecule has 13 nitrogen and oxygen atoms in total. The number of carbonyl (C=O) groups excluding carboxylic acids is 3. The number of unbranched alkanes of at least 4 members (excludes halogenated alkanes) is 3. The number of carbonyl (C=O) groups is 4. The maximum atomic E-state index is 12.0. The third kappa shape index (κ3) is 19.2. The molecule has 0 aromatic heterocycles. The summed E-state index contributed by atoms with van der Waals surface area (Å²) in [4.78, 5) is 49.6. The van der Waals surface area contributed by atoms with Gasteiger partial charge in [0, 0.05) is 32.4 Å². The lowest BCUT2D eigenvalue weighted by molar-refractivity contribution is -0.142. The second kappa shape index (κ2) is 20.7. The number of rotatable bonds is 21. The largest absolute Gasteiger partial charge is 0.480 e. The van der Waals surface area contributed by atoms with Crippen LogP contribution in [0.3, 0.4) is 0 Å². The van der Waals surface area contributed by atoms with Crippen molar-refractivity contribution in [1.29, 1.82) is 11.1 Å². The van der Waals surface area contributed by atoms with Crippen molar-refractivity contribution in [1.82, 2.24) is 20.9 Å². The van der Waals surface area contributed by atoms with Crippen LogP contribution < -0.4 is 20.9 Å². The zero-order valence-corrected chi connectivity index (χ0v) is 19.1. The molecule has 3 amide bonds. The molecule has 0 unspecified atom stereocenters. The van der Waals surface area contributed by atoms with Crippen LogP contribution in [0.1, 0.15) is 70.6 Å². The molecule has 0 spiro atoms. The van der Waals surface area contributed by atoms with Crippen molar-refractivity contribution < 1.29 is 24.3 Å². The SMILES string of the molecule is N=NCCCCC(=O)NCCCC(=O)N[C@@H](CCCCNC(=O)CCCCN=[N+]=N)C(=O)O. The number of hydrogen-bond acceptors (Lipinski definition) is 8. The van der Waals surface area contributed by atoms with Crippen LogP contribution in [-0.2, 0) is 19.2 Å². The van der Waals surface area contributed by atoms with E-state index in [1.54, 1.807) is 0 Å². The molecule has 0 fully saturated rings. The molecule has 0 aliphatic heterocycles. The van der Waals surface area contributed by atoms with Crippen LogP contribution in [0.25, 0.3) is 0 Å². The van der Waals surface area contributed by atoms with Gasteiger partial charge in [-0.05, 0) is 51.4 Å². The van der Waals surface area contributed by atoms with Gasteiger partial charge in [0.05, 0.1) is 6.54 Å². The molecule has 0 saturated carbocycles. The summed E-state index contributed by atoms with van der Waals surface area (Å²) in [7, 11) is 0. The van der Waals surface area contributed by atoms with E-state index in [9.17, 15) is 24.3 Å². The van der Waals surface area contributed by atoms with Gasteiger partial charge in [-0.3, -0.25) is 14.4 Å². The van der Waals surface area contributed by atoms with Crippen LogP contribution in [0.4, 0.5) is 0 Å². The molecule has 0 bridgehead atoms. The Morgan fingerprint density at radius 3 is 1.94 bits per heavy atom. The van der Waals surface area contributed by atoms with Crippen LogP contribution in [0, 0.1) is 11.1 Å². The normalized spacial score (nSPS) is 11.0. The number of carboxylic acid groups (broad SMARTS) is 1. The number of amides is 3. The van der Waals surface area contributed by atoms with Gasteiger partial charge < -0.3 is 21.1 Å². The van der Waals surface area contributed by atoms with Gasteiger partial charge in [-0.1, -0.05) is 0 Å². The highest BCUT2D eigenvalue weighted by atomic mass is 16.4. The van der Waals surface area contributed by atoms with Crippen LogP contribution in [0.5, 0.6) is 0 Å². The van der Waals surface area contributed by atoms with Gasteiger partial charge in [0.15, 0.2) is 0 Å². The number of carboxylic acids is 1. The van der Waals surface area contributed by atoms with Gasteiger partial charge in [0.25, 0.3) is 0 Å². The Balaban J connectivity index is 3.89. The molecule has 0 radical (unpaired) electrons. The van der Waals surface area contributed by atoms with Crippen molar-refractivity contribution in [3.8, 4) is 0 Å². The first-order valence-electron chi connectivity index (χ1n) is 11.3. The number of hydrogen-bond donors (Lipinski definition) is 6. The first-order chi connectivity index (χ1) is 15.9. The van der Waals surface area contributed by atoms with Gasteiger partial charge in [-0.2, -0.15) is 5.11 Å². The number of nitrogens with one attached hydrogen (secondary N) is 5. The summed E-state index contributed by atoms with van der Waals surface area (Å²) in [6, 6.07) is -0.989. The fourth-order valence-electron chi connectivity index (χ4n) is 2.87. The Morgan fingerprint density at radius 2 is 1.36 bits per heavy atom. The summed E-state index contributed by atoms with van der Waals surface area (Å²) >= 11 is 0. The Kier molecular flexibility index (Phi) is 18.7. The van der Waals surface area contributed by atoms with Crippen LogP contribution in [0.15, 0.2) is 10.2 Å². The summed E-state index contributed by atoms with van der Waals surface area (Å²) in [6.45, 7) is 1.61. The molecule has 0 aromatic carbocycles. The lowest BCUT2D eigenvalue weighted by Crippen LogP contribution is -2.41. The van der Waals surface area contributed by atoms with E-state index in [4.69, 9.17) is 11.1 Å². The van der Waals surface area contributed by atoms with Crippen molar-refractivity contribution in [3.05, 3.63) is 0 Å². The summed E-state index contributed by atoms with van der Waals surface area (Å²) in [5.41, 5.74) is 13.2. The fourth-order valence-corrected chi connectivity index (χ4v) is 2.87. The van der Waals surface area contributed by atoms with Gasteiger partial charge in [-0.25, -0.2) is 10.3 Å². The summed E-state index contributed by atoms with van der Waals surface area (Å²) in [6.07, 6.45) is 5.31. The van der Waals surface area contributed by atoms with Crippen LogP contribution in [-0.4, -0.2) is 61.0 Å². The Hall–Kier alpha value is -3.21. The highest BCUT2D eigenvalue weighted by Crippen LogP contribution is 2.03. The molecule has 6 N–H and O–H groups in total. The van der Waals surface area contributed by atoms with Gasteiger partial charge in [0.1, 0.15) is 23.2 Å². The van der Waals surface area contributed by atoms with E-state index in [0.29, 0.717) is 84.0 Å². The van der Waals surface area contributed by atoms with Crippen molar-refractivity contribution in [2.75, 3.05) is 26.2 Å². The van der Waals surface area contributed by atoms with Crippen molar-refractivity contribution in [3.63, 3.8) is 0 Å². The minimum Gasteiger partial charge on any atom is -0.480 e. The molecule has 1 atom stereocenters. The van der Waals surface area contributed by atoms with E-state index in [2.05, 4.69) is 31.1 Å². The van der Waals surface area contributed by atoms with E-state index < -0.39 is 12.0 Å². The summed E-state index contributed by atoms with van der Waals surface area (Å²) < 4.78 is 0. The third-order valence-corrected chi connectivity index (χ3v) is 4.68. The Morgan fingerprint density at radius 1 is 0.788 bits per heavy atom. The first kappa shape index (κ1) is 29.8. The van der Waals surface area contributed by atoms with E-state index in [0.717, 1.165) is 0 Å². The van der Waals surface area contributed by atoms with Gasteiger partial charge >= 0.3 is 5.97 Å². The molecular formula is C20H37N8O5+. The second-order valence-electron chi connectivity index (χ2n) is 7.52. The Labute approximate surface area is 193 Å². The smallest absolute Gasteiger partial charge is 0.326 e. The zero-order valence-electron chi connectivity index (χ0n) is 19.1. The maximum Gasteiger partial charge on any atom is 0.326 e. The lowest BCUT2D eigenvalue weighted by atomic mass is 10.1. The van der Waals surface area contributed by atoms with E-state index in [1.165, 1.54) is 0 Å². The molecule has 0 heterocycles. The highest BCUT2D eigenvalue weighted by molar-refractivity contribution is 5.83. The summed E-state index contributed by atoms with van der Waals surface area (Å²) in [5.74, 6) is -1.69.